The minimum Gasteiger partial charge on any atom is -0.496 e. The number of fused-ring (bicyclic) bond motifs is 1. The van der Waals surface area contributed by atoms with Gasteiger partial charge in [0.15, 0.2) is 0 Å². The number of hydrogen-bond acceptors (Lipinski definition) is 2. The average Bonchev–Trinajstić information content (AvgIpc) is 2.35. The molecule has 1 aromatic heterocycles. The van der Waals surface area contributed by atoms with Crippen molar-refractivity contribution in [3.05, 3.63) is 51.8 Å². The molecule has 2 aromatic rings. The Bertz CT molecular complexity index is 649. The van der Waals surface area contributed by atoms with E-state index in [4.69, 9.17) is 4.74 Å². The van der Waals surface area contributed by atoms with Gasteiger partial charge in [0.1, 0.15) is 5.75 Å². The Morgan fingerprint density at radius 3 is 2.72 bits per heavy atom. The van der Waals surface area contributed by atoms with E-state index in [-0.39, 0.29) is 5.56 Å². The highest BCUT2D eigenvalue weighted by molar-refractivity contribution is 5.86. The van der Waals surface area contributed by atoms with E-state index >= 15 is 0 Å². The molecule has 0 aliphatic rings. The molecule has 0 saturated carbocycles. The first-order valence-electron chi connectivity index (χ1n) is 5.94. The van der Waals surface area contributed by atoms with Crippen LogP contribution in [0.1, 0.15) is 19.4 Å². The Labute approximate surface area is 106 Å². The lowest BCUT2D eigenvalue weighted by Gasteiger charge is -2.09. The fourth-order valence-electron chi connectivity index (χ4n) is 1.98. The molecule has 1 heterocycles. The van der Waals surface area contributed by atoms with E-state index in [1.807, 2.05) is 44.2 Å². The maximum atomic E-state index is 12.1. The molecular formula is C15H17NO2. The number of aromatic nitrogens is 1. The van der Waals surface area contributed by atoms with E-state index in [0.717, 1.165) is 10.9 Å². The first kappa shape index (κ1) is 12.4. The SMILES string of the molecule is COc1c(CC=C(C)C)c(=O)[nH]c2ccccc12. The Morgan fingerprint density at radius 2 is 2.06 bits per heavy atom. The first-order valence-corrected chi connectivity index (χ1v) is 5.94. The van der Waals surface area contributed by atoms with E-state index < -0.39 is 0 Å². The van der Waals surface area contributed by atoms with Crippen molar-refractivity contribution >= 4 is 10.9 Å². The molecule has 0 atom stereocenters. The Morgan fingerprint density at radius 1 is 1.33 bits per heavy atom. The third-order valence-corrected chi connectivity index (χ3v) is 2.89. The lowest BCUT2D eigenvalue weighted by Crippen LogP contribution is -2.14. The molecule has 0 aliphatic carbocycles. The fraction of sp³-hybridized carbons (Fsp3) is 0.267. The summed E-state index contributed by atoms with van der Waals surface area (Å²) in [5.74, 6) is 0.673. The summed E-state index contributed by atoms with van der Waals surface area (Å²) in [7, 11) is 1.60. The van der Waals surface area contributed by atoms with Crippen LogP contribution >= 0.6 is 0 Å². The largest absolute Gasteiger partial charge is 0.496 e. The highest BCUT2D eigenvalue weighted by atomic mass is 16.5. The summed E-state index contributed by atoms with van der Waals surface area (Å²) < 4.78 is 5.42. The van der Waals surface area contributed by atoms with Gasteiger partial charge in [0, 0.05) is 5.39 Å². The quantitative estimate of drug-likeness (QED) is 0.842. The monoisotopic (exact) mass is 243 g/mol. The second-order valence-electron chi connectivity index (χ2n) is 4.50. The summed E-state index contributed by atoms with van der Waals surface area (Å²) in [4.78, 5) is 15.0. The van der Waals surface area contributed by atoms with Gasteiger partial charge in [-0.05, 0) is 32.4 Å². The molecule has 94 valence electrons. The predicted octanol–water partition coefficient (Wildman–Crippen LogP) is 3.05. The van der Waals surface area contributed by atoms with Crippen molar-refractivity contribution in [3.8, 4) is 5.75 Å². The van der Waals surface area contributed by atoms with Gasteiger partial charge in [-0.2, -0.15) is 0 Å². The van der Waals surface area contributed by atoms with Crippen LogP contribution in [0.25, 0.3) is 10.9 Å². The number of hydrogen-bond donors (Lipinski definition) is 1. The van der Waals surface area contributed by atoms with Gasteiger partial charge in [0.2, 0.25) is 0 Å². The minimum absolute atomic E-state index is 0.0805. The van der Waals surface area contributed by atoms with Gasteiger partial charge in [-0.3, -0.25) is 4.79 Å². The van der Waals surface area contributed by atoms with Crippen molar-refractivity contribution in [2.45, 2.75) is 20.3 Å². The summed E-state index contributed by atoms with van der Waals surface area (Å²) >= 11 is 0. The number of ether oxygens (including phenoxy) is 1. The molecule has 0 unspecified atom stereocenters. The van der Waals surface area contributed by atoms with Crippen molar-refractivity contribution in [1.29, 1.82) is 0 Å². The van der Waals surface area contributed by atoms with Crippen LogP contribution in [0.5, 0.6) is 5.75 Å². The number of aromatic amines is 1. The third-order valence-electron chi connectivity index (χ3n) is 2.89. The summed E-state index contributed by atoms with van der Waals surface area (Å²) in [6, 6.07) is 7.67. The molecule has 1 N–H and O–H groups in total. The highest BCUT2D eigenvalue weighted by Crippen LogP contribution is 2.26. The van der Waals surface area contributed by atoms with Crippen molar-refractivity contribution < 1.29 is 4.74 Å². The normalized spacial score (nSPS) is 10.4. The van der Waals surface area contributed by atoms with Crippen LogP contribution in [0.3, 0.4) is 0 Å². The van der Waals surface area contributed by atoms with Crippen LogP contribution in [-0.2, 0) is 6.42 Å². The number of nitrogens with one attached hydrogen (secondary N) is 1. The second-order valence-corrected chi connectivity index (χ2v) is 4.50. The average molecular weight is 243 g/mol. The van der Waals surface area contributed by atoms with Gasteiger partial charge in [0.05, 0.1) is 18.2 Å². The summed E-state index contributed by atoms with van der Waals surface area (Å²) in [6.07, 6.45) is 2.62. The maximum absolute atomic E-state index is 12.1. The number of pyridine rings is 1. The molecule has 0 aliphatic heterocycles. The molecule has 0 spiro atoms. The molecule has 0 fully saturated rings. The summed E-state index contributed by atoms with van der Waals surface area (Å²) in [5.41, 5.74) is 2.59. The van der Waals surface area contributed by atoms with Gasteiger partial charge in [-0.15, -0.1) is 0 Å². The summed E-state index contributed by atoms with van der Waals surface area (Å²) in [6.45, 7) is 4.03. The molecule has 0 saturated heterocycles. The van der Waals surface area contributed by atoms with Gasteiger partial charge in [-0.1, -0.05) is 23.8 Å². The van der Waals surface area contributed by atoms with Gasteiger partial charge >= 0.3 is 0 Å². The molecule has 18 heavy (non-hydrogen) atoms. The van der Waals surface area contributed by atoms with Gasteiger partial charge < -0.3 is 9.72 Å². The van der Waals surface area contributed by atoms with Crippen LogP contribution < -0.4 is 10.3 Å². The van der Waals surface area contributed by atoms with Crippen LogP contribution in [0.4, 0.5) is 0 Å². The topological polar surface area (TPSA) is 42.1 Å². The van der Waals surface area contributed by atoms with Gasteiger partial charge in [0.25, 0.3) is 5.56 Å². The zero-order valence-corrected chi connectivity index (χ0v) is 10.9. The smallest absolute Gasteiger partial charge is 0.255 e. The van der Waals surface area contributed by atoms with E-state index in [0.29, 0.717) is 17.7 Å². The molecular weight excluding hydrogens is 226 g/mol. The molecule has 1 aromatic carbocycles. The molecule has 3 nitrogen and oxygen atoms in total. The van der Waals surface area contributed by atoms with E-state index in [9.17, 15) is 4.79 Å². The number of H-pyrrole nitrogens is 1. The Kier molecular flexibility index (Phi) is 3.51. The standard InChI is InChI=1S/C15H17NO2/c1-10(2)8-9-12-14(18-3)11-6-4-5-7-13(11)16-15(12)17/h4-8H,9H2,1-3H3,(H,16,17). The second kappa shape index (κ2) is 5.08. The van der Waals surface area contributed by atoms with E-state index in [2.05, 4.69) is 4.98 Å². The van der Waals surface area contributed by atoms with Crippen molar-refractivity contribution in [2.24, 2.45) is 0 Å². The fourth-order valence-corrected chi connectivity index (χ4v) is 1.98. The van der Waals surface area contributed by atoms with Crippen LogP contribution in [0.15, 0.2) is 40.7 Å². The lowest BCUT2D eigenvalue weighted by atomic mass is 10.1. The lowest BCUT2D eigenvalue weighted by molar-refractivity contribution is 0.414. The third kappa shape index (κ3) is 2.30. The van der Waals surface area contributed by atoms with Gasteiger partial charge in [-0.25, -0.2) is 0 Å². The maximum Gasteiger partial charge on any atom is 0.255 e. The molecule has 2 rings (SSSR count). The van der Waals surface area contributed by atoms with Crippen molar-refractivity contribution in [1.82, 2.24) is 4.98 Å². The van der Waals surface area contributed by atoms with Crippen LogP contribution in [0.2, 0.25) is 0 Å². The molecule has 0 amide bonds. The highest BCUT2D eigenvalue weighted by Gasteiger charge is 2.11. The van der Waals surface area contributed by atoms with Crippen molar-refractivity contribution in [2.75, 3.05) is 7.11 Å². The molecule has 0 radical (unpaired) electrons. The zero-order valence-electron chi connectivity index (χ0n) is 10.9. The summed E-state index contributed by atoms with van der Waals surface area (Å²) in [5, 5.41) is 0.941. The minimum atomic E-state index is -0.0805. The Balaban J connectivity index is 2.68. The number of allylic oxidation sites excluding steroid dienone is 2. The Hall–Kier alpha value is -2.03. The zero-order chi connectivity index (χ0) is 13.1. The number of benzene rings is 1. The predicted molar refractivity (Wildman–Crippen MR) is 74.3 cm³/mol. The first-order chi connectivity index (χ1) is 8.63. The molecule has 0 bridgehead atoms. The van der Waals surface area contributed by atoms with Crippen molar-refractivity contribution in [3.63, 3.8) is 0 Å². The number of rotatable bonds is 3. The van der Waals surface area contributed by atoms with E-state index in [1.54, 1.807) is 7.11 Å². The number of methoxy groups -OCH3 is 1. The number of para-hydroxylation sites is 1. The van der Waals surface area contributed by atoms with Crippen LogP contribution in [-0.4, -0.2) is 12.1 Å². The van der Waals surface area contributed by atoms with E-state index in [1.165, 1.54) is 5.57 Å². The molecule has 3 heteroatoms. The van der Waals surface area contributed by atoms with Crippen LogP contribution in [0, 0.1) is 0 Å².